The molecule has 2 heterocycles. The van der Waals surface area contributed by atoms with E-state index in [2.05, 4.69) is 10.3 Å². The molecular formula is C21H20ClN3O4. The second-order valence-electron chi connectivity index (χ2n) is 7.06. The van der Waals surface area contributed by atoms with Crippen LogP contribution in [-0.2, 0) is 11.2 Å². The fraction of sp³-hybridized carbons (Fsp3) is 0.238. The van der Waals surface area contributed by atoms with Crippen LogP contribution in [0.3, 0.4) is 0 Å². The van der Waals surface area contributed by atoms with Gasteiger partial charge in [-0.05, 0) is 35.9 Å². The van der Waals surface area contributed by atoms with Crippen molar-refractivity contribution in [2.24, 2.45) is 0 Å². The Hall–Kier alpha value is -2.87. The Labute approximate surface area is 171 Å². The van der Waals surface area contributed by atoms with E-state index < -0.39 is 24.7 Å². The van der Waals surface area contributed by atoms with Gasteiger partial charge < -0.3 is 25.4 Å². The van der Waals surface area contributed by atoms with Crippen molar-refractivity contribution in [2.75, 3.05) is 18.1 Å². The highest BCUT2D eigenvalue weighted by Crippen LogP contribution is 2.28. The van der Waals surface area contributed by atoms with Crippen molar-refractivity contribution < 1.29 is 19.8 Å². The van der Waals surface area contributed by atoms with Crippen molar-refractivity contribution in [3.05, 3.63) is 64.8 Å². The number of aliphatic hydroxyl groups excluding tert-OH is 2. The van der Waals surface area contributed by atoms with Crippen molar-refractivity contribution in [2.45, 2.75) is 18.6 Å². The molecule has 150 valence electrons. The molecule has 4 rings (SSSR count). The summed E-state index contributed by atoms with van der Waals surface area (Å²) in [6.07, 6.45) is -0.724. The van der Waals surface area contributed by atoms with Gasteiger partial charge in [0.15, 0.2) is 0 Å². The summed E-state index contributed by atoms with van der Waals surface area (Å²) in [4.78, 5) is 30.2. The zero-order chi connectivity index (χ0) is 20.5. The zero-order valence-electron chi connectivity index (χ0n) is 15.4. The number of aromatic amines is 1. The molecule has 4 N–H and O–H groups in total. The zero-order valence-corrected chi connectivity index (χ0v) is 16.2. The highest BCUT2D eigenvalue weighted by Gasteiger charge is 2.34. The number of carbonyl (C=O) groups is 2. The maximum atomic E-state index is 13.0. The molecule has 1 aliphatic rings. The van der Waals surface area contributed by atoms with Crippen molar-refractivity contribution in [3.8, 4) is 0 Å². The Morgan fingerprint density at radius 1 is 1.28 bits per heavy atom. The number of rotatable bonds is 5. The first-order valence-corrected chi connectivity index (χ1v) is 9.61. The third-order valence-electron chi connectivity index (χ3n) is 5.01. The lowest BCUT2D eigenvalue weighted by atomic mass is 9.96. The van der Waals surface area contributed by atoms with Crippen LogP contribution in [0.15, 0.2) is 48.5 Å². The number of hydrogen-bond donors (Lipinski definition) is 4. The van der Waals surface area contributed by atoms with Gasteiger partial charge in [0.2, 0.25) is 5.91 Å². The third kappa shape index (κ3) is 3.85. The van der Waals surface area contributed by atoms with E-state index in [0.29, 0.717) is 22.8 Å². The highest BCUT2D eigenvalue weighted by molar-refractivity contribution is 6.31. The van der Waals surface area contributed by atoms with Crippen molar-refractivity contribution >= 4 is 40.0 Å². The number of halogens is 1. The topological polar surface area (TPSA) is 106 Å². The summed E-state index contributed by atoms with van der Waals surface area (Å²) in [6.45, 7) is -0.510. The van der Waals surface area contributed by atoms with E-state index in [1.165, 1.54) is 4.90 Å². The number of β-amino-alcohol motifs (C(OH)–C–C–N with tert-alkyl or cyclic N) is 1. The molecule has 3 aromatic rings. The van der Waals surface area contributed by atoms with Gasteiger partial charge in [-0.3, -0.25) is 9.59 Å². The molecule has 0 radical (unpaired) electrons. The summed E-state index contributed by atoms with van der Waals surface area (Å²) in [5.74, 6) is -0.735. The first kappa shape index (κ1) is 19.4. The van der Waals surface area contributed by atoms with Gasteiger partial charge in [-0.25, -0.2) is 0 Å². The molecule has 0 aliphatic carbocycles. The average molecular weight is 414 g/mol. The number of para-hydroxylation sites is 1. The summed E-state index contributed by atoms with van der Waals surface area (Å²) < 4.78 is 0. The van der Waals surface area contributed by atoms with Gasteiger partial charge in [0.05, 0.1) is 19.3 Å². The van der Waals surface area contributed by atoms with Gasteiger partial charge in [0, 0.05) is 28.0 Å². The van der Waals surface area contributed by atoms with E-state index in [4.69, 9.17) is 11.6 Å². The van der Waals surface area contributed by atoms with Crippen LogP contribution >= 0.6 is 11.6 Å². The Balaban J connectivity index is 1.59. The number of nitrogens with one attached hydrogen (secondary N) is 2. The number of carbonyl (C=O) groups excluding carboxylic acids is 2. The van der Waals surface area contributed by atoms with Crippen LogP contribution in [0, 0.1) is 0 Å². The number of hydrogen-bond acceptors (Lipinski definition) is 4. The fourth-order valence-corrected chi connectivity index (χ4v) is 3.77. The van der Waals surface area contributed by atoms with Crippen molar-refractivity contribution in [1.82, 2.24) is 10.3 Å². The summed E-state index contributed by atoms with van der Waals surface area (Å²) in [6, 6.07) is 13.5. The van der Waals surface area contributed by atoms with Gasteiger partial charge in [-0.15, -0.1) is 0 Å². The Morgan fingerprint density at radius 3 is 2.86 bits per heavy atom. The maximum Gasteiger partial charge on any atom is 0.268 e. The predicted molar refractivity (Wildman–Crippen MR) is 110 cm³/mol. The second kappa shape index (κ2) is 7.87. The van der Waals surface area contributed by atoms with E-state index in [-0.39, 0.29) is 12.5 Å². The lowest BCUT2D eigenvalue weighted by Gasteiger charge is -2.35. The number of anilines is 1. The number of aromatic nitrogens is 1. The highest BCUT2D eigenvalue weighted by atomic mass is 35.5. The Morgan fingerprint density at radius 2 is 2.07 bits per heavy atom. The normalized spacial score (nSPS) is 17.3. The van der Waals surface area contributed by atoms with E-state index >= 15 is 0 Å². The Bertz CT molecular complexity index is 1080. The van der Waals surface area contributed by atoms with Gasteiger partial charge in [0.25, 0.3) is 5.91 Å². The molecule has 0 fully saturated rings. The maximum absolute atomic E-state index is 13.0. The monoisotopic (exact) mass is 413 g/mol. The molecule has 7 nitrogen and oxygen atoms in total. The minimum Gasteiger partial charge on any atom is -0.394 e. The molecule has 8 heteroatoms. The molecule has 0 spiro atoms. The predicted octanol–water partition coefficient (Wildman–Crippen LogP) is 1.86. The van der Waals surface area contributed by atoms with Crippen LogP contribution in [0.2, 0.25) is 5.02 Å². The first-order chi connectivity index (χ1) is 14.0. The summed E-state index contributed by atoms with van der Waals surface area (Å²) >= 11 is 6.00. The quantitative estimate of drug-likeness (QED) is 0.512. The molecule has 0 saturated carbocycles. The molecule has 2 aromatic carbocycles. The van der Waals surface area contributed by atoms with Gasteiger partial charge >= 0.3 is 0 Å². The van der Waals surface area contributed by atoms with Crippen molar-refractivity contribution in [1.29, 1.82) is 0 Å². The van der Waals surface area contributed by atoms with Crippen LogP contribution in [0.5, 0.6) is 0 Å². The van der Waals surface area contributed by atoms with Crippen LogP contribution < -0.4 is 10.2 Å². The van der Waals surface area contributed by atoms with Gasteiger partial charge in [-0.1, -0.05) is 29.8 Å². The molecule has 2 amide bonds. The van der Waals surface area contributed by atoms with Crippen LogP contribution in [0.25, 0.3) is 10.9 Å². The van der Waals surface area contributed by atoms with E-state index in [1.54, 1.807) is 36.4 Å². The third-order valence-corrected chi connectivity index (χ3v) is 5.24. The minimum atomic E-state index is -1.07. The van der Waals surface area contributed by atoms with Crippen LogP contribution in [0.4, 0.5) is 5.69 Å². The number of aliphatic hydroxyl groups is 2. The molecular weight excluding hydrogens is 394 g/mol. The number of nitrogens with zero attached hydrogens (tertiary/aromatic N) is 1. The van der Waals surface area contributed by atoms with E-state index in [0.717, 1.165) is 16.5 Å². The molecule has 1 aliphatic heterocycles. The summed E-state index contributed by atoms with van der Waals surface area (Å²) in [5, 5.41) is 23.2. The van der Waals surface area contributed by atoms with Crippen molar-refractivity contribution in [3.63, 3.8) is 0 Å². The Kier molecular flexibility index (Phi) is 5.27. The molecule has 1 unspecified atom stereocenters. The molecule has 0 bridgehead atoms. The SMILES string of the molecule is O=C(NC1Cc2ccccc2N(C[C@@H](O)CO)C1=O)c1cc2cc(Cl)ccc2[nH]1. The van der Waals surface area contributed by atoms with Gasteiger partial charge in [-0.2, -0.15) is 0 Å². The standard InChI is InChI=1S/C21H20ClN3O4/c22-14-5-6-16-13(7-14)9-17(23-16)20(28)24-18-8-12-3-1-2-4-19(12)25(21(18)29)10-15(27)11-26/h1-7,9,15,18,23,26-27H,8,10-11H2,(H,24,28)/t15-,18?/m1/s1. The van der Waals surface area contributed by atoms with E-state index in [9.17, 15) is 19.8 Å². The second-order valence-corrected chi connectivity index (χ2v) is 7.50. The lowest BCUT2D eigenvalue weighted by molar-refractivity contribution is -0.121. The molecule has 2 atom stereocenters. The largest absolute Gasteiger partial charge is 0.394 e. The lowest BCUT2D eigenvalue weighted by Crippen LogP contribution is -2.54. The van der Waals surface area contributed by atoms with Gasteiger partial charge in [0.1, 0.15) is 11.7 Å². The number of amides is 2. The van der Waals surface area contributed by atoms with Crippen LogP contribution in [-0.4, -0.2) is 52.3 Å². The molecule has 0 saturated heterocycles. The fourth-order valence-electron chi connectivity index (χ4n) is 3.59. The van der Waals surface area contributed by atoms with Crippen LogP contribution in [0.1, 0.15) is 16.1 Å². The minimum absolute atomic E-state index is 0.0520. The number of H-pyrrole nitrogens is 1. The van der Waals surface area contributed by atoms with E-state index in [1.807, 2.05) is 12.1 Å². The number of benzene rings is 2. The molecule has 29 heavy (non-hydrogen) atoms. The molecule has 1 aromatic heterocycles. The summed E-state index contributed by atoms with van der Waals surface area (Å²) in [7, 11) is 0. The average Bonchev–Trinajstić information content (AvgIpc) is 3.14. The first-order valence-electron chi connectivity index (χ1n) is 9.23. The number of fused-ring (bicyclic) bond motifs is 2. The summed E-state index contributed by atoms with van der Waals surface area (Å²) in [5.41, 5.74) is 2.66. The smallest absolute Gasteiger partial charge is 0.268 e.